The van der Waals surface area contributed by atoms with Gasteiger partial charge in [-0.1, -0.05) is 6.92 Å². The van der Waals surface area contributed by atoms with E-state index in [1.165, 1.54) is 0 Å². The number of nitrogens with one attached hydrogen (secondary N) is 1. The van der Waals surface area contributed by atoms with Crippen LogP contribution in [0.15, 0.2) is 18.3 Å². The minimum Gasteiger partial charge on any atom is -0.497 e. The number of hydrogen-bond donors (Lipinski definition) is 1. The monoisotopic (exact) mass is 260 g/mol. The zero-order chi connectivity index (χ0) is 13.8. The van der Waals surface area contributed by atoms with Crippen LogP contribution >= 0.6 is 0 Å². The minimum atomic E-state index is 0.663. The molecule has 1 N–H and O–H groups in total. The highest BCUT2D eigenvalue weighted by Crippen LogP contribution is 2.17. The SMILES string of the molecule is CCc1nn(C)cc1NCc1cc(OC)cc(C)n1. The molecular formula is C14H20N4O. The summed E-state index contributed by atoms with van der Waals surface area (Å²) in [6, 6.07) is 3.87. The van der Waals surface area contributed by atoms with E-state index >= 15 is 0 Å². The van der Waals surface area contributed by atoms with Crippen LogP contribution < -0.4 is 10.1 Å². The standard InChI is InChI=1S/C14H20N4O/c1-5-13-14(9-18(3)17-13)15-8-11-7-12(19-4)6-10(2)16-11/h6-7,9,15H,5,8H2,1-4H3. The summed E-state index contributed by atoms with van der Waals surface area (Å²) in [4.78, 5) is 4.49. The fraction of sp³-hybridized carbons (Fsp3) is 0.429. The molecular weight excluding hydrogens is 240 g/mol. The summed E-state index contributed by atoms with van der Waals surface area (Å²) in [5, 5.41) is 7.78. The van der Waals surface area contributed by atoms with Crippen molar-refractivity contribution in [1.29, 1.82) is 0 Å². The molecule has 2 heterocycles. The summed E-state index contributed by atoms with van der Waals surface area (Å²) < 4.78 is 7.08. The Morgan fingerprint density at radius 2 is 2.16 bits per heavy atom. The number of aromatic nitrogens is 3. The molecule has 0 aliphatic heterocycles. The van der Waals surface area contributed by atoms with Gasteiger partial charge >= 0.3 is 0 Å². The summed E-state index contributed by atoms with van der Waals surface area (Å²) in [5.74, 6) is 0.839. The Morgan fingerprint density at radius 1 is 1.37 bits per heavy atom. The molecule has 0 atom stereocenters. The molecule has 0 unspecified atom stereocenters. The van der Waals surface area contributed by atoms with E-state index in [-0.39, 0.29) is 0 Å². The topological polar surface area (TPSA) is 52.0 Å². The van der Waals surface area contributed by atoms with Crippen LogP contribution in [-0.4, -0.2) is 21.9 Å². The number of ether oxygens (including phenoxy) is 1. The molecule has 0 aliphatic carbocycles. The summed E-state index contributed by atoms with van der Waals surface area (Å²) in [6.45, 7) is 4.73. The lowest BCUT2D eigenvalue weighted by Gasteiger charge is -2.08. The van der Waals surface area contributed by atoms with Crippen molar-refractivity contribution in [3.63, 3.8) is 0 Å². The molecule has 0 saturated heterocycles. The maximum Gasteiger partial charge on any atom is 0.122 e. The third-order valence-electron chi connectivity index (χ3n) is 2.92. The van der Waals surface area contributed by atoms with Gasteiger partial charge in [-0.05, 0) is 13.3 Å². The van der Waals surface area contributed by atoms with E-state index in [4.69, 9.17) is 4.74 Å². The molecule has 0 radical (unpaired) electrons. The number of aryl methyl sites for hydroxylation is 3. The van der Waals surface area contributed by atoms with Crippen molar-refractivity contribution in [2.24, 2.45) is 7.05 Å². The van der Waals surface area contributed by atoms with E-state index in [0.29, 0.717) is 6.54 Å². The number of methoxy groups -OCH3 is 1. The molecule has 0 bridgehead atoms. The van der Waals surface area contributed by atoms with E-state index in [1.807, 2.05) is 37.0 Å². The van der Waals surface area contributed by atoms with Crippen LogP contribution in [0, 0.1) is 6.92 Å². The maximum atomic E-state index is 5.25. The summed E-state index contributed by atoms with van der Waals surface area (Å²) in [7, 11) is 3.60. The van der Waals surface area contributed by atoms with Gasteiger partial charge in [0, 0.05) is 31.1 Å². The second kappa shape index (κ2) is 5.73. The maximum absolute atomic E-state index is 5.25. The van der Waals surface area contributed by atoms with Crippen molar-refractivity contribution in [1.82, 2.24) is 14.8 Å². The van der Waals surface area contributed by atoms with Gasteiger partial charge in [-0.3, -0.25) is 9.67 Å². The van der Waals surface area contributed by atoms with Crippen molar-refractivity contribution in [3.05, 3.63) is 35.4 Å². The lowest BCUT2D eigenvalue weighted by molar-refractivity contribution is 0.413. The lowest BCUT2D eigenvalue weighted by Crippen LogP contribution is -2.04. The van der Waals surface area contributed by atoms with Gasteiger partial charge in [0.1, 0.15) is 5.75 Å². The highest BCUT2D eigenvalue weighted by molar-refractivity contribution is 5.46. The van der Waals surface area contributed by atoms with Crippen molar-refractivity contribution >= 4 is 5.69 Å². The molecule has 2 aromatic rings. The Hall–Kier alpha value is -2.04. The number of nitrogens with zero attached hydrogens (tertiary/aromatic N) is 3. The van der Waals surface area contributed by atoms with E-state index in [1.54, 1.807) is 7.11 Å². The van der Waals surface area contributed by atoms with Crippen LogP contribution in [0.1, 0.15) is 24.0 Å². The molecule has 0 aromatic carbocycles. The minimum absolute atomic E-state index is 0.663. The number of hydrogen-bond acceptors (Lipinski definition) is 4. The third kappa shape index (κ3) is 3.24. The lowest BCUT2D eigenvalue weighted by atomic mass is 10.2. The fourth-order valence-corrected chi connectivity index (χ4v) is 2.04. The quantitative estimate of drug-likeness (QED) is 0.896. The van der Waals surface area contributed by atoms with Gasteiger partial charge in [0.15, 0.2) is 0 Å². The number of rotatable bonds is 5. The van der Waals surface area contributed by atoms with E-state index in [0.717, 1.165) is 34.9 Å². The van der Waals surface area contributed by atoms with Gasteiger partial charge in [0.25, 0.3) is 0 Å². The summed E-state index contributed by atoms with van der Waals surface area (Å²) in [6.07, 6.45) is 2.90. The first-order valence-corrected chi connectivity index (χ1v) is 6.40. The van der Waals surface area contributed by atoms with E-state index in [2.05, 4.69) is 22.3 Å². The predicted molar refractivity (Wildman–Crippen MR) is 75.4 cm³/mol. The van der Waals surface area contributed by atoms with E-state index < -0.39 is 0 Å². The first kappa shape index (κ1) is 13.4. The predicted octanol–water partition coefficient (Wildman–Crippen LogP) is 2.31. The van der Waals surface area contributed by atoms with Gasteiger partial charge < -0.3 is 10.1 Å². The molecule has 19 heavy (non-hydrogen) atoms. The average Bonchev–Trinajstić information content (AvgIpc) is 2.76. The molecule has 2 aromatic heterocycles. The van der Waals surface area contributed by atoms with Crippen LogP contribution in [-0.2, 0) is 20.0 Å². The fourth-order valence-electron chi connectivity index (χ4n) is 2.04. The Balaban J connectivity index is 2.11. The molecule has 0 spiro atoms. The second-order valence-electron chi connectivity index (χ2n) is 4.51. The molecule has 0 aliphatic rings. The Morgan fingerprint density at radius 3 is 2.84 bits per heavy atom. The molecule has 0 saturated carbocycles. The van der Waals surface area contributed by atoms with Gasteiger partial charge in [-0.2, -0.15) is 5.10 Å². The van der Waals surface area contributed by atoms with Crippen LogP contribution in [0.3, 0.4) is 0 Å². The Bertz CT molecular complexity index is 563. The van der Waals surface area contributed by atoms with Crippen molar-refractivity contribution in [2.45, 2.75) is 26.8 Å². The zero-order valence-corrected chi connectivity index (χ0v) is 11.9. The summed E-state index contributed by atoms with van der Waals surface area (Å²) in [5.41, 5.74) is 4.05. The molecule has 2 rings (SSSR count). The Kier molecular flexibility index (Phi) is 4.04. The van der Waals surface area contributed by atoms with Crippen molar-refractivity contribution < 1.29 is 4.74 Å². The summed E-state index contributed by atoms with van der Waals surface area (Å²) >= 11 is 0. The smallest absolute Gasteiger partial charge is 0.122 e. The first-order valence-electron chi connectivity index (χ1n) is 6.40. The second-order valence-corrected chi connectivity index (χ2v) is 4.51. The van der Waals surface area contributed by atoms with Gasteiger partial charge in [-0.15, -0.1) is 0 Å². The first-order chi connectivity index (χ1) is 9.12. The Labute approximate surface area is 113 Å². The molecule has 0 amide bonds. The van der Waals surface area contributed by atoms with E-state index in [9.17, 15) is 0 Å². The largest absolute Gasteiger partial charge is 0.497 e. The van der Waals surface area contributed by atoms with Crippen LogP contribution in [0.4, 0.5) is 5.69 Å². The molecule has 5 nitrogen and oxygen atoms in total. The highest BCUT2D eigenvalue weighted by Gasteiger charge is 2.06. The van der Waals surface area contributed by atoms with Crippen LogP contribution in [0.5, 0.6) is 5.75 Å². The van der Waals surface area contributed by atoms with Crippen molar-refractivity contribution in [2.75, 3.05) is 12.4 Å². The van der Waals surface area contributed by atoms with Crippen LogP contribution in [0.2, 0.25) is 0 Å². The number of pyridine rings is 1. The molecule has 0 fully saturated rings. The normalized spacial score (nSPS) is 10.5. The molecule has 5 heteroatoms. The highest BCUT2D eigenvalue weighted by atomic mass is 16.5. The third-order valence-corrected chi connectivity index (χ3v) is 2.92. The van der Waals surface area contributed by atoms with Crippen molar-refractivity contribution in [3.8, 4) is 5.75 Å². The number of anilines is 1. The van der Waals surface area contributed by atoms with Gasteiger partial charge in [-0.25, -0.2) is 0 Å². The molecule has 102 valence electrons. The average molecular weight is 260 g/mol. The van der Waals surface area contributed by atoms with Gasteiger partial charge in [0.2, 0.25) is 0 Å². The van der Waals surface area contributed by atoms with Crippen LogP contribution in [0.25, 0.3) is 0 Å². The van der Waals surface area contributed by atoms with Gasteiger partial charge in [0.05, 0.1) is 30.7 Å². The zero-order valence-electron chi connectivity index (χ0n) is 11.9.